The first-order valence-electron chi connectivity index (χ1n) is 11.1. The second kappa shape index (κ2) is 11.5. The van der Waals surface area contributed by atoms with Crippen LogP contribution in [0.25, 0.3) is 5.57 Å². The van der Waals surface area contributed by atoms with Crippen molar-refractivity contribution in [3.63, 3.8) is 0 Å². The molecule has 0 spiro atoms. The van der Waals surface area contributed by atoms with Crippen molar-refractivity contribution in [2.45, 2.75) is 64.7 Å². The van der Waals surface area contributed by atoms with Gasteiger partial charge in [0.2, 0.25) is 0 Å². The number of hydrogen-bond donors (Lipinski definition) is 0. The Morgan fingerprint density at radius 1 is 0.697 bits per heavy atom. The van der Waals surface area contributed by atoms with E-state index in [1.807, 2.05) is 0 Å². The van der Waals surface area contributed by atoms with Crippen molar-refractivity contribution in [2.75, 3.05) is 0 Å². The fourth-order valence-electron chi connectivity index (χ4n) is 4.29. The Morgan fingerprint density at radius 3 is 1.76 bits per heavy atom. The topological polar surface area (TPSA) is 0 Å². The van der Waals surface area contributed by atoms with Gasteiger partial charge in [-0.15, -0.1) is 41.0 Å². The summed E-state index contributed by atoms with van der Waals surface area (Å²) in [5.74, 6) is 0.339. The van der Waals surface area contributed by atoms with Gasteiger partial charge in [0, 0.05) is 0 Å². The number of fused-ring (bicyclic) bond motifs is 1. The Kier molecular flexibility index (Phi) is 10.4. The van der Waals surface area contributed by atoms with E-state index in [-0.39, 0.29) is 61.8 Å². The minimum Gasteiger partial charge on any atom is -1.00 e. The molecule has 0 amide bonds. The molecule has 33 heavy (non-hydrogen) atoms. The number of allylic oxidation sites excluding steroid dienone is 1. The van der Waals surface area contributed by atoms with Gasteiger partial charge in [-0.1, -0.05) is 113 Å². The molecule has 0 aliphatic heterocycles. The number of halogens is 2. The summed E-state index contributed by atoms with van der Waals surface area (Å²) >= 11 is 0. The molecule has 0 heterocycles. The summed E-state index contributed by atoms with van der Waals surface area (Å²) in [5.41, 5.74) is 9.68. The summed E-state index contributed by atoms with van der Waals surface area (Å²) in [6.07, 6.45) is 4.80. The molecule has 0 N–H and O–H groups in total. The van der Waals surface area contributed by atoms with E-state index in [4.69, 9.17) is 0 Å². The molecule has 0 saturated carbocycles. The van der Waals surface area contributed by atoms with Gasteiger partial charge in [-0.05, 0) is 28.7 Å². The Labute approximate surface area is 232 Å². The normalized spacial score (nSPS) is 14.8. The third kappa shape index (κ3) is 6.72. The molecule has 3 heteroatoms. The van der Waals surface area contributed by atoms with Crippen molar-refractivity contribution in [1.29, 1.82) is 0 Å². The van der Waals surface area contributed by atoms with E-state index in [1.54, 1.807) is 0 Å². The van der Waals surface area contributed by atoms with Crippen LogP contribution < -0.4 is 24.8 Å². The Hall–Kier alpha value is -1.14. The standard InChI is InChI=1S/C30H33.2ClH.Zr/c1-29(2,3)24-17-23(18-25(20-24)30(4,5)6)27-19-22-14-10-11-15-26(22)28(27)16-21-12-8-7-9-13-21;;;/h7-15,17-18,20,28H,16H2,1-6H3;2*1H;/q-1;;;+3/p-2. The zero-order valence-electron chi connectivity index (χ0n) is 20.5. The second-order valence-electron chi connectivity index (χ2n) is 10.7. The van der Waals surface area contributed by atoms with Crippen molar-refractivity contribution in [2.24, 2.45) is 0 Å². The fourth-order valence-corrected chi connectivity index (χ4v) is 4.29. The van der Waals surface area contributed by atoms with Crippen molar-refractivity contribution in [3.8, 4) is 0 Å². The van der Waals surface area contributed by atoms with Crippen LogP contribution in [0.2, 0.25) is 0 Å². The molecule has 3 aromatic carbocycles. The predicted octanol–water partition coefficient (Wildman–Crippen LogP) is 1.86. The van der Waals surface area contributed by atoms with E-state index in [0.29, 0.717) is 5.92 Å². The van der Waals surface area contributed by atoms with Crippen LogP contribution in [0.3, 0.4) is 0 Å². The average Bonchev–Trinajstić information content (AvgIpc) is 3.06. The zero-order chi connectivity index (χ0) is 21.5. The quantitative estimate of drug-likeness (QED) is 0.433. The summed E-state index contributed by atoms with van der Waals surface area (Å²) in [7, 11) is 0. The van der Waals surface area contributed by atoms with Gasteiger partial charge < -0.3 is 24.8 Å². The van der Waals surface area contributed by atoms with E-state index in [2.05, 4.69) is 120 Å². The van der Waals surface area contributed by atoms with Crippen LogP contribution >= 0.6 is 0 Å². The van der Waals surface area contributed by atoms with Crippen molar-refractivity contribution < 1.29 is 51.0 Å². The Balaban J connectivity index is 0.00000181. The molecule has 0 aromatic heterocycles. The minimum atomic E-state index is 0. The third-order valence-electron chi connectivity index (χ3n) is 6.21. The second-order valence-corrected chi connectivity index (χ2v) is 10.7. The minimum absolute atomic E-state index is 0. The van der Waals surface area contributed by atoms with Crippen LogP contribution in [0.5, 0.6) is 0 Å². The monoisotopic (exact) mass is 553 g/mol. The Morgan fingerprint density at radius 2 is 1.21 bits per heavy atom. The van der Waals surface area contributed by atoms with Crippen molar-refractivity contribution >= 4 is 5.57 Å². The molecule has 1 aliphatic rings. The maximum absolute atomic E-state index is 3.80. The summed E-state index contributed by atoms with van der Waals surface area (Å²) in [4.78, 5) is 0. The van der Waals surface area contributed by atoms with Crippen LogP contribution in [0, 0.1) is 6.08 Å². The zero-order valence-corrected chi connectivity index (χ0v) is 24.4. The van der Waals surface area contributed by atoms with Gasteiger partial charge in [-0.3, -0.25) is 0 Å². The molecular weight excluding hydrogens is 522 g/mol. The van der Waals surface area contributed by atoms with Crippen molar-refractivity contribution in [1.82, 2.24) is 0 Å². The summed E-state index contributed by atoms with van der Waals surface area (Å²) < 4.78 is 0. The Bertz CT molecular complexity index is 1050. The first-order valence-corrected chi connectivity index (χ1v) is 11.1. The summed E-state index contributed by atoms with van der Waals surface area (Å²) in [6.45, 7) is 13.8. The van der Waals surface area contributed by atoms with Gasteiger partial charge in [-0.2, -0.15) is 0 Å². The van der Waals surface area contributed by atoms with Crippen molar-refractivity contribution in [3.05, 3.63) is 112 Å². The molecule has 1 aliphatic carbocycles. The van der Waals surface area contributed by atoms with Gasteiger partial charge in [0.25, 0.3) is 0 Å². The molecule has 0 saturated heterocycles. The summed E-state index contributed by atoms with van der Waals surface area (Å²) in [6, 6.07) is 26.8. The molecule has 171 valence electrons. The first kappa shape index (κ1) is 29.9. The van der Waals surface area contributed by atoms with Gasteiger partial charge in [0.1, 0.15) is 0 Å². The number of rotatable bonds is 3. The molecule has 0 bridgehead atoms. The molecule has 0 fully saturated rings. The maximum Gasteiger partial charge on any atom is 3.00 e. The van der Waals surface area contributed by atoms with Crippen LogP contribution in [-0.2, 0) is 43.5 Å². The van der Waals surface area contributed by atoms with Crippen LogP contribution in [0.1, 0.15) is 80.8 Å². The van der Waals surface area contributed by atoms with Gasteiger partial charge in [-0.25, -0.2) is 0 Å². The fraction of sp³-hybridized carbons (Fsp3) is 0.333. The SMILES string of the molecule is CC(C)(C)c1cc(C2=[C-]c3ccccc3C2Cc2ccccc2)cc(C(C)(C)C)c1.[Cl-].[Cl-].[Zr+3]. The largest absolute Gasteiger partial charge is 3.00 e. The van der Waals surface area contributed by atoms with Gasteiger partial charge in [0.05, 0.1) is 0 Å². The van der Waals surface area contributed by atoms with E-state index in [0.717, 1.165) is 6.42 Å². The number of benzene rings is 3. The van der Waals surface area contributed by atoms with Gasteiger partial charge in [0.15, 0.2) is 0 Å². The molecule has 1 atom stereocenters. The first-order chi connectivity index (χ1) is 14.1. The van der Waals surface area contributed by atoms with E-state index in [9.17, 15) is 0 Å². The molecular formula is C30H33Cl2Zr. The summed E-state index contributed by atoms with van der Waals surface area (Å²) in [5, 5.41) is 0. The number of hydrogen-bond acceptors (Lipinski definition) is 0. The van der Waals surface area contributed by atoms with Crippen LogP contribution in [-0.4, -0.2) is 0 Å². The molecule has 1 unspecified atom stereocenters. The smallest absolute Gasteiger partial charge is 1.00 e. The van der Waals surface area contributed by atoms with E-state index in [1.165, 1.54) is 39.0 Å². The maximum atomic E-state index is 3.80. The van der Waals surface area contributed by atoms with Gasteiger partial charge >= 0.3 is 26.2 Å². The molecule has 0 nitrogen and oxygen atoms in total. The van der Waals surface area contributed by atoms with E-state index >= 15 is 0 Å². The van der Waals surface area contributed by atoms with Crippen LogP contribution in [0.15, 0.2) is 72.8 Å². The third-order valence-corrected chi connectivity index (χ3v) is 6.21. The molecule has 1 radical (unpaired) electrons. The predicted molar refractivity (Wildman–Crippen MR) is 129 cm³/mol. The molecule has 3 aromatic rings. The average molecular weight is 556 g/mol. The van der Waals surface area contributed by atoms with Crippen LogP contribution in [0.4, 0.5) is 0 Å². The van der Waals surface area contributed by atoms with E-state index < -0.39 is 0 Å². The molecule has 4 rings (SSSR count).